The van der Waals surface area contributed by atoms with Crippen LogP contribution in [-0.2, 0) is 10.4 Å². The van der Waals surface area contributed by atoms with Crippen LogP contribution in [0.1, 0.15) is 11.1 Å². The number of pyridine rings is 1. The van der Waals surface area contributed by atoms with Gasteiger partial charge in [-0.3, -0.25) is 4.79 Å². The quantitative estimate of drug-likeness (QED) is 0.298. The molecule has 1 aromatic heterocycles. The van der Waals surface area contributed by atoms with Crippen LogP contribution in [0.2, 0.25) is 0 Å². The normalized spacial score (nSPS) is 11.6. The van der Waals surface area contributed by atoms with E-state index in [4.69, 9.17) is 0 Å². The lowest BCUT2D eigenvalue weighted by Crippen LogP contribution is -2.48. The number of aromatic nitrogens is 1. The zero-order valence-corrected chi connectivity index (χ0v) is 19.4. The fraction of sp³-hybridized carbons (Fsp3) is 0.0323. The zero-order chi connectivity index (χ0) is 24.5. The smallest absolute Gasteiger partial charge is 0.296 e. The first-order chi connectivity index (χ1) is 17.6. The van der Waals surface area contributed by atoms with Gasteiger partial charge in [0.1, 0.15) is 5.52 Å². The minimum Gasteiger partial charge on any atom is -0.372 e. The number of benzene rings is 5. The van der Waals surface area contributed by atoms with Gasteiger partial charge in [-0.1, -0.05) is 103 Å². The van der Waals surface area contributed by atoms with Crippen molar-refractivity contribution in [1.82, 2.24) is 5.43 Å². The van der Waals surface area contributed by atoms with E-state index in [1.165, 1.54) is 0 Å². The number of amides is 1. The molecule has 0 aliphatic heterocycles. The van der Waals surface area contributed by atoms with Crippen LogP contribution in [0.4, 0.5) is 5.82 Å². The van der Waals surface area contributed by atoms with Gasteiger partial charge in [0.05, 0.1) is 0 Å². The van der Waals surface area contributed by atoms with E-state index in [-0.39, 0.29) is 0 Å². The Balaban J connectivity index is 1.48. The largest absolute Gasteiger partial charge is 0.372 e. The molecule has 0 saturated carbocycles. The van der Waals surface area contributed by atoms with Crippen molar-refractivity contribution in [3.05, 3.63) is 132 Å². The Bertz CT molecular complexity index is 1660. The number of anilines is 1. The SMILES string of the molecule is O=C(NNc1ccc2ccccc2[nH+]1)C(O)(c1cccc2ccccc12)c1cccc2ccccc12. The molecule has 0 spiro atoms. The van der Waals surface area contributed by atoms with Crippen molar-refractivity contribution in [2.45, 2.75) is 5.60 Å². The van der Waals surface area contributed by atoms with Crippen LogP contribution in [-0.4, -0.2) is 11.0 Å². The van der Waals surface area contributed by atoms with Gasteiger partial charge in [-0.15, -0.1) is 0 Å². The standard InChI is InChI=1S/C31H23N3O2/c35-30(34-33-29-20-19-23-11-3-6-18-28(23)32-29)31(36,26-16-7-12-21-9-1-4-14-24(21)26)27-17-8-13-22-10-2-5-15-25(22)27/h1-20,36H,(H,32,33)(H,34,35)/p+1. The van der Waals surface area contributed by atoms with Crippen molar-refractivity contribution in [2.24, 2.45) is 0 Å². The second-order valence-electron chi connectivity index (χ2n) is 8.80. The summed E-state index contributed by atoms with van der Waals surface area (Å²) in [6, 6.07) is 38.5. The van der Waals surface area contributed by atoms with Crippen LogP contribution in [0.5, 0.6) is 0 Å². The first kappa shape index (κ1) is 21.8. The maximum atomic E-state index is 14.0. The van der Waals surface area contributed by atoms with Crippen LogP contribution in [0.15, 0.2) is 121 Å². The molecule has 0 aliphatic carbocycles. The second-order valence-corrected chi connectivity index (χ2v) is 8.80. The molecule has 174 valence electrons. The van der Waals surface area contributed by atoms with Gasteiger partial charge in [-0.05, 0) is 33.7 Å². The van der Waals surface area contributed by atoms with Crippen LogP contribution >= 0.6 is 0 Å². The van der Waals surface area contributed by atoms with Crippen molar-refractivity contribution in [1.29, 1.82) is 0 Å². The predicted molar refractivity (Wildman–Crippen MR) is 143 cm³/mol. The molecule has 0 bridgehead atoms. The summed E-state index contributed by atoms with van der Waals surface area (Å²) in [4.78, 5) is 17.2. The van der Waals surface area contributed by atoms with E-state index in [1.54, 1.807) is 0 Å². The van der Waals surface area contributed by atoms with Gasteiger partial charge in [0.2, 0.25) is 0 Å². The molecular weight excluding hydrogens is 446 g/mol. The van der Waals surface area contributed by atoms with E-state index in [0.717, 1.165) is 32.4 Å². The third kappa shape index (κ3) is 3.63. The molecule has 0 saturated heterocycles. The van der Waals surface area contributed by atoms with Crippen molar-refractivity contribution >= 4 is 44.2 Å². The first-order valence-corrected chi connectivity index (χ1v) is 11.8. The highest BCUT2D eigenvalue weighted by Gasteiger charge is 2.43. The monoisotopic (exact) mass is 470 g/mol. The molecule has 1 amide bonds. The lowest BCUT2D eigenvalue weighted by Gasteiger charge is -2.29. The van der Waals surface area contributed by atoms with Crippen molar-refractivity contribution < 1.29 is 14.9 Å². The molecule has 0 unspecified atom stereocenters. The summed E-state index contributed by atoms with van der Waals surface area (Å²) >= 11 is 0. The number of hydrazine groups is 1. The third-order valence-electron chi connectivity index (χ3n) is 6.66. The van der Waals surface area contributed by atoms with Gasteiger partial charge in [-0.2, -0.15) is 10.9 Å². The summed E-state index contributed by atoms with van der Waals surface area (Å²) in [5.74, 6) is 0.0111. The Kier molecular flexibility index (Phi) is 5.32. The van der Waals surface area contributed by atoms with Gasteiger partial charge < -0.3 is 5.11 Å². The lowest BCUT2D eigenvalue weighted by molar-refractivity contribution is -0.327. The Labute approximate surface area is 208 Å². The number of para-hydroxylation sites is 1. The summed E-state index contributed by atoms with van der Waals surface area (Å²) in [7, 11) is 0. The van der Waals surface area contributed by atoms with Crippen molar-refractivity contribution in [2.75, 3.05) is 5.43 Å². The lowest BCUT2D eigenvalue weighted by atomic mass is 9.80. The van der Waals surface area contributed by atoms with E-state index in [1.807, 2.05) is 121 Å². The minimum atomic E-state index is -1.97. The second kappa shape index (κ2) is 8.80. The molecule has 5 nitrogen and oxygen atoms in total. The highest BCUT2D eigenvalue weighted by Crippen LogP contribution is 2.38. The summed E-state index contributed by atoms with van der Waals surface area (Å²) < 4.78 is 0. The molecule has 0 radical (unpaired) electrons. The van der Waals surface area contributed by atoms with Crippen molar-refractivity contribution in [3.63, 3.8) is 0 Å². The van der Waals surface area contributed by atoms with Crippen LogP contribution < -0.4 is 15.8 Å². The molecule has 0 atom stereocenters. The molecule has 6 aromatic rings. The number of H-pyrrole nitrogens is 1. The molecule has 0 fully saturated rings. The number of aliphatic hydroxyl groups is 1. The molecular formula is C31H24N3O2+. The highest BCUT2D eigenvalue weighted by atomic mass is 16.3. The molecule has 4 N–H and O–H groups in total. The van der Waals surface area contributed by atoms with E-state index in [9.17, 15) is 9.90 Å². The van der Waals surface area contributed by atoms with Gasteiger partial charge >= 0.3 is 0 Å². The molecule has 6 rings (SSSR count). The van der Waals surface area contributed by atoms with Crippen LogP contribution in [0.3, 0.4) is 0 Å². The first-order valence-electron chi connectivity index (χ1n) is 11.8. The van der Waals surface area contributed by atoms with E-state index in [2.05, 4.69) is 15.8 Å². The highest BCUT2D eigenvalue weighted by molar-refractivity contribution is 6.01. The Morgan fingerprint density at radius 3 is 1.78 bits per heavy atom. The Hall–Kier alpha value is -4.74. The summed E-state index contributed by atoms with van der Waals surface area (Å²) in [5, 5.41) is 17.0. The third-order valence-corrected chi connectivity index (χ3v) is 6.66. The van der Waals surface area contributed by atoms with Crippen LogP contribution in [0.25, 0.3) is 32.4 Å². The number of nitrogens with one attached hydrogen (secondary N) is 3. The maximum Gasteiger partial charge on any atom is 0.296 e. The number of fused-ring (bicyclic) bond motifs is 3. The predicted octanol–water partition coefficient (Wildman–Crippen LogP) is 5.34. The van der Waals surface area contributed by atoms with E-state index in [0.29, 0.717) is 16.9 Å². The molecule has 1 heterocycles. The average Bonchev–Trinajstić information content (AvgIpc) is 2.94. The molecule has 36 heavy (non-hydrogen) atoms. The number of aromatic amines is 1. The average molecular weight is 471 g/mol. The topological polar surface area (TPSA) is 75.5 Å². The van der Waals surface area contributed by atoms with Gasteiger partial charge in [0, 0.05) is 22.6 Å². The fourth-order valence-electron chi connectivity index (χ4n) is 4.88. The van der Waals surface area contributed by atoms with Crippen LogP contribution in [0, 0.1) is 0 Å². The zero-order valence-electron chi connectivity index (χ0n) is 19.4. The van der Waals surface area contributed by atoms with E-state index < -0.39 is 11.5 Å². The summed E-state index contributed by atoms with van der Waals surface area (Å²) in [6.45, 7) is 0. The number of hydrogen-bond donors (Lipinski definition) is 3. The number of carbonyl (C=O) groups excluding carboxylic acids is 1. The number of carbonyl (C=O) groups is 1. The van der Waals surface area contributed by atoms with Crippen molar-refractivity contribution in [3.8, 4) is 0 Å². The van der Waals surface area contributed by atoms with Gasteiger partial charge in [-0.25, -0.2) is 4.98 Å². The maximum absolute atomic E-state index is 14.0. The number of hydrogen-bond acceptors (Lipinski definition) is 3. The summed E-state index contributed by atoms with van der Waals surface area (Å²) in [6.07, 6.45) is 0. The Morgan fingerprint density at radius 2 is 1.14 bits per heavy atom. The van der Waals surface area contributed by atoms with Gasteiger partial charge in [0.25, 0.3) is 11.7 Å². The molecule has 5 aromatic carbocycles. The minimum absolute atomic E-state index is 0.513. The van der Waals surface area contributed by atoms with E-state index >= 15 is 0 Å². The Morgan fingerprint density at radius 1 is 0.611 bits per heavy atom. The van der Waals surface area contributed by atoms with Gasteiger partial charge in [0.15, 0.2) is 5.60 Å². The fourth-order valence-corrected chi connectivity index (χ4v) is 4.88. The number of rotatable bonds is 5. The molecule has 5 heteroatoms. The molecule has 0 aliphatic rings. The summed E-state index contributed by atoms with van der Waals surface area (Å²) in [5.41, 5.74) is 5.71.